The lowest BCUT2D eigenvalue weighted by molar-refractivity contribution is -0.385. The molecule has 0 heterocycles. The first kappa shape index (κ1) is 14.7. The van der Waals surface area contributed by atoms with Crippen molar-refractivity contribution in [3.63, 3.8) is 0 Å². The number of aromatic hydroxyl groups is 1. The summed E-state index contributed by atoms with van der Waals surface area (Å²) in [5, 5.41) is 21.9. The summed E-state index contributed by atoms with van der Waals surface area (Å²) >= 11 is 5.79. The van der Waals surface area contributed by atoms with E-state index in [-0.39, 0.29) is 22.0 Å². The Balaban J connectivity index is 2.25. The van der Waals surface area contributed by atoms with Crippen molar-refractivity contribution >= 4 is 28.9 Å². The van der Waals surface area contributed by atoms with Gasteiger partial charge in [0, 0.05) is 6.07 Å². The molecule has 6 nitrogen and oxygen atoms in total. The Morgan fingerprint density at radius 2 is 2.00 bits per heavy atom. The molecule has 0 saturated heterocycles. The molecule has 1 amide bonds. The average Bonchev–Trinajstić information content (AvgIpc) is 2.40. The SMILES string of the molecule is O=C(Nc1ccc([N+](=O)[O-])cc1F)c1ccc(O)cc1Cl. The molecular formula is C13H8ClFN2O4. The van der Waals surface area contributed by atoms with Crippen LogP contribution in [0.25, 0.3) is 0 Å². The second-order valence-electron chi connectivity index (χ2n) is 4.04. The first-order valence-electron chi connectivity index (χ1n) is 5.62. The van der Waals surface area contributed by atoms with E-state index in [9.17, 15) is 24.4 Å². The van der Waals surface area contributed by atoms with Crippen molar-refractivity contribution in [3.05, 3.63) is 62.9 Å². The number of rotatable bonds is 3. The van der Waals surface area contributed by atoms with E-state index >= 15 is 0 Å². The van der Waals surface area contributed by atoms with Gasteiger partial charge in [0.15, 0.2) is 5.82 Å². The maximum Gasteiger partial charge on any atom is 0.272 e. The fraction of sp³-hybridized carbons (Fsp3) is 0. The molecular weight excluding hydrogens is 303 g/mol. The maximum absolute atomic E-state index is 13.7. The molecule has 2 aromatic carbocycles. The Morgan fingerprint density at radius 3 is 2.57 bits per heavy atom. The molecule has 0 aromatic heterocycles. The number of phenolic OH excluding ortho intramolecular Hbond substituents is 1. The van der Waals surface area contributed by atoms with E-state index in [2.05, 4.69) is 5.32 Å². The number of non-ortho nitro benzene ring substituents is 1. The summed E-state index contributed by atoms with van der Waals surface area (Å²) in [4.78, 5) is 21.7. The van der Waals surface area contributed by atoms with Crippen LogP contribution in [-0.2, 0) is 0 Å². The largest absolute Gasteiger partial charge is 0.508 e. The third-order valence-corrected chi connectivity index (χ3v) is 2.92. The zero-order valence-electron chi connectivity index (χ0n) is 10.3. The highest BCUT2D eigenvalue weighted by Gasteiger charge is 2.15. The third kappa shape index (κ3) is 3.26. The average molecular weight is 311 g/mol. The van der Waals surface area contributed by atoms with Gasteiger partial charge in [0.05, 0.1) is 27.3 Å². The van der Waals surface area contributed by atoms with Gasteiger partial charge in [-0.2, -0.15) is 0 Å². The van der Waals surface area contributed by atoms with Gasteiger partial charge in [-0.05, 0) is 24.3 Å². The second-order valence-corrected chi connectivity index (χ2v) is 4.45. The highest BCUT2D eigenvalue weighted by molar-refractivity contribution is 6.34. The number of carbonyl (C=O) groups is 1. The Labute approximate surface area is 122 Å². The molecule has 0 fully saturated rings. The van der Waals surface area contributed by atoms with Crippen LogP contribution in [0.3, 0.4) is 0 Å². The van der Waals surface area contributed by atoms with Gasteiger partial charge < -0.3 is 10.4 Å². The van der Waals surface area contributed by atoms with Gasteiger partial charge in [-0.25, -0.2) is 4.39 Å². The van der Waals surface area contributed by atoms with Crippen LogP contribution in [0.5, 0.6) is 5.75 Å². The number of hydrogen-bond acceptors (Lipinski definition) is 4. The zero-order chi connectivity index (χ0) is 15.6. The number of anilines is 1. The Morgan fingerprint density at radius 1 is 1.29 bits per heavy atom. The van der Waals surface area contributed by atoms with Gasteiger partial charge in [0.25, 0.3) is 11.6 Å². The van der Waals surface area contributed by atoms with E-state index in [0.717, 1.165) is 12.1 Å². The Kier molecular flexibility index (Phi) is 4.04. The smallest absolute Gasteiger partial charge is 0.272 e. The van der Waals surface area contributed by atoms with Crippen LogP contribution in [0, 0.1) is 15.9 Å². The van der Waals surface area contributed by atoms with E-state index in [4.69, 9.17) is 11.6 Å². The lowest BCUT2D eigenvalue weighted by atomic mass is 10.2. The molecule has 0 radical (unpaired) electrons. The molecule has 0 bridgehead atoms. The number of halogens is 2. The summed E-state index contributed by atoms with van der Waals surface area (Å²) < 4.78 is 13.7. The van der Waals surface area contributed by atoms with Crippen LogP contribution in [-0.4, -0.2) is 15.9 Å². The summed E-state index contributed by atoms with van der Waals surface area (Å²) in [5.74, 6) is -1.75. The number of benzene rings is 2. The van der Waals surface area contributed by atoms with Crippen molar-refractivity contribution in [2.24, 2.45) is 0 Å². The monoisotopic (exact) mass is 310 g/mol. The lowest BCUT2D eigenvalue weighted by Gasteiger charge is -2.08. The maximum atomic E-state index is 13.7. The number of hydrogen-bond donors (Lipinski definition) is 2. The first-order valence-corrected chi connectivity index (χ1v) is 6.00. The van der Waals surface area contributed by atoms with Crippen molar-refractivity contribution in [2.75, 3.05) is 5.32 Å². The number of nitro groups is 1. The quantitative estimate of drug-likeness (QED) is 0.671. The highest BCUT2D eigenvalue weighted by Crippen LogP contribution is 2.24. The predicted molar refractivity (Wildman–Crippen MR) is 74.1 cm³/mol. The third-order valence-electron chi connectivity index (χ3n) is 2.61. The minimum atomic E-state index is -0.938. The minimum absolute atomic E-state index is 0.00480. The number of amides is 1. The first-order chi connectivity index (χ1) is 9.88. The van der Waals surface area contributed by atoms with Crippen LogP contribution < -0.4 is 5.32 Å². The molecule has 0 spiro atoms. The van der Waals surface area contributed by atoms with Gasteiger partial charge in [0.2, 0.25) is 0 Å². The van der Waals surface area contributed by atoms with E-state index in [1.54, 1.807) is 0 Å². The summed E-state index contributed by atoms with van der Waals surface area (Å²) in [6, 6.07) is 6.55. The van der Waals surface area contributed by atoms with E-state index < -0.39 is 22.3 Å². The lowest BCUT2D eigenvalue weighted by Crippen LogP contribution is -2.13. The minimum Gasteiger partial charge on any atom is -0.508 e. The van der Waals surface area contributed by atoms with Gasteiger partial charge >= 0.3 is 0 Å². The number of nitrogens with zero attached hydrogens (tertiary/aromatic N) is 1. The van der Waals surface area contributed by atoms with Gasteiger partial charge in [-0.1, -0.05) is 11.6 Å². The molecule has 0 saturated carbocycles. The van der Waals surface area contributed by atoms with Crippen LogP contribution >= 0.6 is 11.6 Å². The molecule has 108 valence electrons. The topological polar surface area (TPSA) is 92.5 Å². The molecule has 8 heteroatoms. The summed E-state index contributed by atoms with van der Waals surface area (Å²) in [6.45, 7) is 0. The van der Waals surface area contributed by atoms with Crippen molar-refractivity contribution in [3.8, 4) is 5.75 Å². The fourth-order valence-corrected chi connectivity index (χ4v) is 1.86. The zero-order valence-corrected chi connectivity index (χ0v) is 11.1. The predicted octanol–water partition coefficient (Wildman–Crippen LogP) is 3.35. The number of phenols is 1. The summed E-state index contributed by atoms with van der Waals surface area (Å²) in [7, 11) is 0. The molecule has 2 aromatic rings. The normalized spacial score (nSPS) is 10.2. The van der Waals surface area contributed by atoms with Crippen molar-refractivity contribution < 1.29 is 19.2 Å². The summed E-state index contributed by atoms with van der Waals surface area (Å²) in [6.07, 6.45) is 0. The van der Waals surface area contributed by atoms with Crippen LogP contribution in [0.4, 0.5) is 15.8 Å². The fourth-order valence-electron chi connectivity index (χ4n) is 1.60. The molecule has 0 aliphatic rings. The van der Waals surface area contributed by atoms with Gasteiger partial charge in [-0.15, -0.1) is 0 Å². The van der Waals surface area contributed by atoms with E-state index in [1.165, 1.54) is 18.2 Å². The number of nitrogens with one attached hydrogen (secondary N) is 1. The molecule has 0 atom stereocenters. The van der Waals surface area contributed by atoms with Crippen molar-refractivity contribution in [1.82, 2.24) is 0 Å². The highest BCUT2D eigenvalue weighted by atomic mass is 35.5. The molecule has 2 rings (SSSR count). The molecule has 0 unspecified atom stereocenters. The standard InChI is InChI=1S/C13H8ClFN2O4/c14-10-6-8(18)2-3-9(10)13(19)16-12-4-1-7(17(20)21)5-11(12)15/h1-6,18H,(H,16,19). The number of nitro benzene ring substituents is 1. The van der Waals surface area contributed by atoms with Gasteiger partial charge in [0.1, 0.15) is 5.75 Å². The van der Waals surface area contributed by atoms with E-state index in [1.807, 2.05) is 0 Å². The van der Waals surface area contributed by atoms with Gasteiger partial charge in [-0.3, -0.25) is 14.9 Å². The molecule has 2 N–H and O–H groups in total. The number of carbonyl (C=O) groups excluding carboxylic acids is 1. The summed E-state index contributed by atoms with van der Waals surface area (Å²) in [5.41, 5.74) is -0.602. The van der Waals surface area contributed by atoms with Crippen molar-refractivity contribution in [2.45, 2.75) is 0 Å². The second kappa shape index (κ2) is 5.76. The van der Waals surface area contributed by atoms with Crippen LogP contribution in [0.15, 0.2) is 36.4 Å². The molecule has 21 heavy (non-hydrogen) atoms. The molecule has 0 aliphatic heterocycles. The van der Waals surface area contributed by atoms with Crippen LogP contribution in [0.1, 0.15) is 10.4 Å². The Hall–Kier alpha value is -2.67. The molecule has 0 aliphatic carbocycles. The van der Waals surface area contributed by atoms with Crippen LogP contribution in [0.2, 0.25) is 5.02 Å². The van der Waals surface area contributed by atoms with E-state index in [0.29, 0.717) is 6.07 Å². The Bertz CT molecular complexity index is 736. The van der Waals surface area contributed by atoms with Crippen molar-refractivity contribution in [1.29, 1.82) is 0 Å².